The number of nitrogens with zero attached hydrogens (tertiary/aromatic N) is 3. The van der Waals surface area contributed by atoms with Crippen molar-refractivity contribution in [3.63, 3.8) is 0 Å². The van der Waals surface area contributed by atoms with Gasteiger partial charge in [0.25, 0.3) is 5.91 Å². The number of carbonyl (C=O) groups is 1. The van der Waals surface area contributed by atoms with Gasteiger partial charge in [0.2, 0.25) is 10.0 Å². The lowest BCUT2D eigenvalue weighted by atomic mass is 10.2. The number of anilines is 1. The van der Waals surface area contributed by atoms with E-state index in [2.05, 4.69) is 36.1 Å². The third-order valence-electron chi connectivity index (χ3n) is 3.67. The van der Waals surface area contributed by atoms with Gasteiger partial charge in [0.15, 0.2) is 0 Å². The van der Waals surface area contributed by atoms with Crippen LogP contribution in [0.3, 0.4) is 0 Å². The summed E-state index contributed by atoms with van der Waals surface area (Å²) in [7, 11) is -3.70. The highest BCUT2D eigenvalue weighted by atomic mass is 79.9. The second-order valence-corrected chi connectivity index (χ2v) is 8.89. The van der Waals surface area contributed by atoms with Crippen molar-refractivity contribution < 1.29 is 13.2 Å². The van der Waals surface area contributed by atoms with Crippen LogP contribution in [0.2, 0.25) is 0 Å². The van der Waals surface area contributed by atoms with E-state index in [1.54, 1.807) is 32.0 Å². The molecule has 0 atom stereocenters. The van der Waals surface area contributed by atoms with Crippen LogP contribution >= 0.6 is 15.9 Å². The normalized spacial score (nSPS) is 11.6. The van der Waals surface area contributed by atoms with Gasteiger partial charge in [0.05, 0.1) is 16.3 Å². The summed E-state index contributed by atoms with van der Waals surface area (Å²) in [6.45, 7) is 3.46. The third kappa shape index (κ3) is 4.64. The molecule has 0 aliphatic heterocycles. The Morgan fingerprint density at radius 3 is 2.64 bits per heavy atom. The second-order valence-electron chi connectivity index (χ2n) is 6.26. The van der Waals surface area contributed by atoms with Gasteiger partial charge in [0.1, 0.15) is 12.7 Å². The molecule has 0 saturated heterocycles. The van der Waals surface area contributed by atoms with Crippen LogP contribution in [-0.2, 0) is 10.0 Å². The van der Waals surface area contributed by atoms with E-state index in [0.717, 1.165) is 4.47 Å². The summed E-state index contributed by atoms with van der Waals surface area (Å²) >= 11 is 3.38. The van der Waals surface area contributed by atoms with Crippen molar-refractivity contribution in [2.75, 3.05) is 5.32 Å². The SMILES string of the molecule is CC(C)NS(=O)(=O)c1cccc(C(=O)Nc2cc(Br)ccc2-n2cncn2)c1. The highest BCUT2D eigenvalue weighted by molar-refractivity contribution is 9.10. The molecule has 2 N–H and O–H groups in total. The molecule has 8 nitrogen and oxygen atoms in total. The minimum absolute atomic E-state index is 0.0274. The van der Waals surface area contributed by atoms with Gasteiger partial charge in [-0.3, -0.25) is 4.79 Å². The van der Waals surface area contributed by atoms with Crippen molar-refractivity contribution >= 4 is 37.5 Å². The fourth-order valence-corrected chi connectivity index (χ4v) is 4.18. The molecule has 0 saturated carbocycles. The number of carbonyl (C=O) groups excluding carboxylic acids is 1. The molecule has 0 bridgehead atoms. The first-order valence-corrected chi connectivity index (χ1v) is 10.6. The van der Waals surface area contributed by atoms with Gasteiger partial charge < -0.3 is 5.32 Å². The highest BCUT2D eigenvalue weighted by Crippen LogP contribution is 2.25. The van der Waals surface area contributed by atoms with E-state index in [4.69, 9.17) is 0 Å². The molecular weight excluding hydrogens is 446 g/mol. The Morgan fingerprint density at radius 1 is 1.18 bits per heavy atom. The van der Waals surface area contributed by atoms with E-state index in [-0.39, 0.29) is 16.5 Å². The van der Waals surface area contributed by atoms with E-state index in [1.807, 2.05) is 6.07 Å². The lowest BCUT2D eigenvalue weighted by molar-refractivity contribution is 0.102. The number of nitrogens with one attached hydrogen (secondary N) is 2. The van der Waals surface area contributed by atoms with Crippen molar-refractivity contribution in [1.29, 1.82) is 0 Å². The maximum absolute atomic E-state index is 12.8. The quantitative estimate of drug-likeness (QED) is 0.584. The average Bonchev–Trinajstić information content (AvgIpc) is 3.15. The van der Waals surface area contributed by atoms with Crippen LogP contribution in [0.4, 0.5) is 5.69 Å². The fourth-order valence-electron chi connectivity index (χ4n) is 2.52. The molecule has 10 heteroatoms. The number of sulfonamides is 1. The Morgan fingerprint density at radius 2 is 1.96 bits per heavy atom. The van der Waals surface area contributed by atoms with Gasteiger partial charge in [-0.15, -0.1) is 0 Å². The minimum Gasteiger partial charge on any atom is -0.320 e. The van der Waals surface area contributed by atoms with Crippen LogP contribution < -0.4 is 10.0 Å². The maximum Gasteiger partial charge on any atom is 0.255 e. The molecule has 2 aromatic carbocycles. The average molecular weight is 464 g/mol. The van der Waals surface area contributed by atoms with E-state index in [9.17, 15) is 13.2 Å². The van der Waals surface area contributed by atoms with Crippen LogP contribution in [0, 0.1) is 0 Å². The van der Waals surface area contributed by atoms with Crippen LogP contribution in [0.25, 0.3) is 5.69 Å². The van der Waals surface area contributed by atoms with E-state index in [1.165, 1.54) is 35.5 Å². The molecule has 0 radical (unpaired) electrons. The molecule has 0 fully saturated rings. The summed E-state index contributed by atoms with van der Waals surface area (Å²) in [4.78, 5) is 16.7. The zero-order valence-corrected chi connectivity index (χ0v) is 17.5. The first kappa shape index (κ1) is 20.2. The van der Waals surface area contributed by atoms with Crippen molar-refractivity contribution in [3.8, 4) is 5.69 Å². The van der Waals surface area contributed by atoms with Gasteiger partial charge in [0, 0.05) is 16.1 Å². The summed E-state index contributed by atoms with van der Waals surface area (Å²) in [6.07, 6.45) is 2.91. The number of amides is 1. The molecule has 0 aliphatic carbocycles. The highest BCUT2D eigenvalue weighted by Gasteiger charge is 2.18. The first-order chi connectivity index (χ1) is 13.3. The number of aromatic nitrogens is 3. The summed E-state index contributed by atoms with van der Waals surface area (Å²) in [5.74, 6) is -0.443. The largest absolute Gasteiger partial charge is 0.320 e. The van der Waals surface area contributed by atoms with Gasteiger partial charge in [-0.05, 0) is 50.2 Å². The van der Waals surface area contributed by atoms with Crippen LogP contribution in [0.1, 0.15) is 24.2 Å². The van der Waals surface area contributed by atoms with Crippen LogP contribution in [0.5, 0.6) is 0 Å². The number of benzene rings is 2. The lowest BCUT2D eigenvalue weighted by Crippen LogP contribution is -2.30. The minimum atomic E-state index is -3.70. The molecule has 3 rings (SSSR count). The molecule has 146 valence electrons. The summed E-state index contributed by atoms with van der Waals surface area (Å²) in [6, 6.07) is 10.9. The summed E-state index contributed by atoms with van der Waals surface area (Å²) < 4.78 is 29.5. The molecule has 1 amide bonds. The zero-order valence-electron chi connectivity index (χ0n) is 15.1. The molecule has 0 unspecified atom stereocenters. The standard InChI is InChI=1S/C18H18BrN5O3S/c1-12(2)23-28(26,27)15-5-3-4-13(8-15)18(25)22-16-9-14(19)6-7-17(16)24-11-20-10-21-24/h3-12,23H,1-2H3,(H,22,25). The molecule has 28 heavy (non-hydrogen) atoms. The lowest BCUT2D eigenvalue weighted by Gasteiger charge is -2.13. The van der Waals surface area contributed by atoms with E-state index >= 15 is 0 Å². The van der Waals surface area contributed by atoms with Gasteiger partial charge >= 0.3 is 0 Å². The van der Waals surface area contributed by atoms with Crippen molar-refractivity contribution in [2.24, 2.45) is 0 Å². The Hall–Kier alpha value is -2.56. The summed E-state index contributed by atoms with van der Waals surface area (Å²) in [5.41, 5.74) is 1.34. The first-order valence-electron chi connectivity index (χ1n) is 8.34. The molecule has 1 aromatic heterocycles. The fraction of sp³-hybridized carbons (Fsp3) is 0.167. The smallest absolute Gasteiger partial charge is 0.255 e. The Labute approximate surface area is 171 Å². The third-order valence-corrected chi connectivity index (χ3v) is 5.82. The predicted octanol–water partition coefficient (Wildman–Crippen LogP) is 2.97. The topological polar surface area (TPSA) is 106 Å². The Bertz CT molecular complexity index is 1100. The molecule has 1 heterocycles. The Kier molecular flexibility index (Phi) is 5.92. The number of rotatable bonds is 6. The zero-order chi connectivity index (χ0) is 20.3. The summed E-state index contributed by atoms with van der Waals surface area (Å²) in [5, 5.41) is 6.88. The Balaban J connectivity index is 1.91. The van der Waals surface area contributed by atoms with E-state index < -0.39 is 15.9 Å². The molecule has 0 spiro atoms. The van der Waals surface area contributed by atoms with Gasteiger partial charge in [-0.2, -0.15) is 5.10 Å². The van der Waals surface area contributed by atoms with Crippen molar-refractivity contribution in [3.05, 3.63) is 65.2 Å². The number of hydrogen-bond acceptors (Lipinski definition) is 5. The number of halogens is 1. The molecule has 0 aliphatic rings. The van der Waals surface area contributed by atoms with Crippen molar-refractivity contribution in [1.82, 2.24) is 19.5 Å². The molecule has 3 aromatic rings. The van der Waals surface area contributed by atoms with Gasteiger partial charge in [-0.25, -0.2) is 22.8 Å². The predicted molar refractivity (Wildman–Crippen MR) is 109 cm³/mol. The number of hydrogen-bond donors (Lipinski definition) is 2. The van der Waals surface area contributed by atoms with Gasteiger partial charge in [-0.1, -0.05) is 22.0 Å². The van der Waals surface area contributed by atoms with Crippen LogP contribution in [-0.4, -0.2) is 35.1 Å². The molecular formula is C18H18BrN5O3S. The monoisotopic (exact) mass is 463 g/mol. The maximum atomic E-state index is 12.8. The van der Waals surface area contributed by atoms with Crippen molar-refractivity contribution in [2.45, 2.75) is 24.8 Å². The second kappa shape index (κ2) is 8.21. The van der Waals surface area contributed by atoms with Crippen LogP contribution in [0.15, 0.2) is 64.5 Å². The van der Waals surface area contributed by atoms with E-state index in [0.29, 0.717) is 11.4 Å².